The lowest BCUT2D eigenvalue weighted by atomic mass is 10.2. The zero-order valence-corrected chi connectivity index (χ0v) is 15.6. The van der Waals surface area contributed by atoms with Crippen LogP contribution in [-0.2, 0) is 6.42 Å². The van der Waals surface area contributed by atoms with Crippen molar-refractivity contribution in [3.63, 3.8) is 0 Å². The Bertz CT molecular complexity index is 816. The van der Waals surface area contributed by atoms with E-state index in [-0.39, 0.29) is 17.5 Å². The average molecular weight is 372 g/mol. The van der Waals surface area contributed by atoms with Gasteiger partial charge in [-0.3, -0.25) is 9.69 Å². The van der Waals surface area contributed by atoms with Gasteiger partial charge in [0.2, 0.25) is 5.82 Å². The lowest BCUT2D eigenvalue weighted by molar-refractivity contribution is 0.0761. The summed E-state index contributed by atoms with van der Waals surface area (Å²) in [5, 5.41) is 7.70. The monoisotopic (exact) mass is 372 g/mol. The molecule has 2 aliphatic heterocycles. The maximum Gasteiger partial charge on any atom is 0.293 e. The Morgan fingerprint density at radius 2 is 2.04 bits per heavy atom. The number of halogens is 1. The lowest BCUT2D eigenvalue weighted by Gasteiger charge is -2.32. The second kappa shape index (κ2) is 7.74. The van der Waals surface area contributed by atoms with Crippen molar-refractivity contribution in [3.05, 3.63) is 41.7 Å². The molecule has 7 nitrogen and oxygen atoms in total. The molecule has 2 aliphatic rings. The van der Waals surface area contributed by atoms with Crippen LogP contribution in [0.25, 0.3) is 5.69 Å². The Morgan fingerprint density at radius 3 is 2.78 bits per heavy atom. The van der Waals surface area contributed by atoms with Crippen LogP contribution in [0.4, 0.5) is 4.39 Å². The van der Waals surface area contributed by atoms with Crippen LogP contribution in [0.2, 0.25) is 0 Å². The van der Waals surface area contributed by atoms with E-state index in [0.29, 0.717) is 37.1 Å². The number of para-hydroxylation sites is 1. The second-order valence-electron chi connectivity index (χ2n) is 7.05. The summed E-state index contributed by atoms with van der Waals surface area (Å²) in [7, 11) is 0. The van der Waals surface area contributed by atoms with Gasteiger partial charge in [0.05, 0.1) is 0 Å². The molecular weight excluding hydrogens is 347 g/mol. The Hall–Kier alpha value is -2.32. The topological polar surface area (TPSA) is 66.3 Å². The quantitative estimate of drug-likeness (QED) is 0.870. The number of benzene rings is 1. The molecule has 3 heterocycles. The molecule has 0 radical (unpaired) electrons. The number of carbonyl (C=O) groups excluding carboxylic acids is 1. The standard InChI is InChI=1S/C19H25FN6O/c1-2-17-22-18(23-26(17)16-6-4-3-5-15(16)20)19(27)25-10-7-14(13-25)24-11-8-21-9-12-24/h3-6,14,21H,2,7-13H2,1H3. The number of amides is 1. The van der Waals surface area contributed by atoms with Crippen molar-refractivity contribution >= 4 is 5.91 Å². The predicted molar refractivity (Wildman–Crippen MR) is 99.4 cm³/mol. The summed E-state index contributed by atoms with van der Waals surface area (Å²) in [6.07, 6.45) is 1.54. The predicted octanol–water partition coefficient (Wildman–Crippen LogP) is 1.09. The molecule has 0 aliphatic carbocycles. The molecule has 1 amide bonds. The number of carbonyl (C=O) groups is 1. The van der Waals surface area contributed by atoms with Gasteiger partial charge in [-0.25, -0.2) is 14.1 Å². The molecule has 2 fully saturated rings. The Labute approximate surface area is 158 Å². The van der Waals surface area contributed by atoms with Crippen LogP contribution in [0.3, 0.4) is 0 Å². The summed E-state index contributed by atoms with van der Waals surface area (Å²) in [6.45, 7) is 7.38. The second-order valence-corrected chi connectivity index (χ2v) is 7.05. The van der Waals surface area contributed by atoms with E-state index < -0.39 is 0 Å². The number of likely N-dealkylation sites (tertiary alicyclic amines) is 1. The largest absolute Gasteiger partial charge is 0.334 e. The Balaban J connectivity index is 1.52. The van der Waals surface area contributed by atoms with E-state index in [0.717, 1.165) is 32.6 Å². The minimum Gasteiger partial charge on any atom is -0.334 e. The zero-order valence-electron chi connectivity index (χ0n) is 15.6. The first kappa shape index (κ1) is 18.1. The van der Waals surface area contributed by atoms with Gasteiger partial charge in [0.25, 0.3) is 5.91 Å². The molecular formula is C19H25FN6O. The van der Waals surface area contributed by atoms with Gasteiger partial charge in [0.1, 0.15) is 17.3 Å². The third-order valence-electron chi connectivity index (χ3n) is 5.38. The Kier molecular flexibility index (Phi) is 5.18. The highest BCUT2D eigenvalue weighted by atomic mass is 19.1. The number of rotatable bonds is 4. The molecule has 27 heavy (non-hydrogen) atoms. The van der Waals surface area contributed by atoms with Crippen molar-refractivity contribution in [2.45, 2.75) is 25.8 Å². The first-order valence-electron chi connectivity index (χ1n) is 9.62. The molecule has 144 valence electrons. The van der Waals surface area contributed by atoms with Gasteiger partial charge in [-0.2, -0.15) is 0 Å². The summed E-state index contributed by atoms with van der Waals surface area (Å²) < 4.78 is 15.6. The molecule has 1 N–H and O–H groups in total. The maximum absolute atomic E-state index is 14.2. The summed E-state index contributed by atoms with van der Waals surface area (Å²) in [5.74, 6) is 0.186. The molecule has 1 atom stereocenters. The third kappa shape index (κ3) is 3.59. The SMILES string of the molecule is CCc1nc(C(=O)N2CCC(N3CCNCC3)C2)nn1-c1ccccc1F. The molecule has 0 spiro atoms. The Morgan fingerprint density at radius 1 is 1.26 bits per heavy atom. The van der Waals surface area contributed by atoms with E-state index in [4.69, 9.17) is 0 Å². The molecule has 1 aromatic carbocycles. The summed E-state index contributed by atoms with van der Waals surface area (Å²) >= 11 is 0. The first-order chi connectivity index (χ1) is 13.2. The molecule has 0 saturated carbocycles. The van der Waals surface area contributed by atoms with Crippen molar-refractivity contribution in [2.24, 2.45) is 0 Å². The highest BCUT2D eigenvalue weighted by Gasteiger charge is 2.33. The highest BCUT2D eigenvalue weighted by molar-refractivity contribution is 5.90. The van der Waals surface area contributed by atoms with Crippen LogP contribution in [0.5, 0.6) is 0 Å². The number of piperazine rings is 1. The van der Waals surface area contributed by atoms with Crippen LogP contribution >= 0.6 is 0 Å². The molecule has 2 saturated heterocycles. The summed E-state index contributed by atoms with van der Waals surface area (Å²) in [5.41, 5.74) is 0.320. The van der Waals surface area contributed by atoms with E-state index in [2.05, 4.69) is 20.3 Å². The van der Waals surface area contributed by atoms with Crippen molar-refractivity contribution in [1.82, 2.24) is 29.9 Å². The molecule has 1 unspecified atom stereocenters. The summed E-state index contributed by atoms with van der Waals surface area (Å²) in [4.78, 5) is 21.6. The molecule has 1 aromatic heterocycles. The first-order valence-corrected chi connectivity index (χ1v) is 9.62. The maximum atomic E-state index is 14.2. The minimum absolute atomic E-state index is 0.149. The van der Waals surface area contributed by atoms with Gasteiger partial charge in [-0.15, -0.1) is 5.10 Å². The molecule has 4 rings (SSSR count). The van der Waals surface area contributed by atoms with Crippen molar-refractivity contribution in [2.75, 3.05) is 39.3 Å². The van der Waals surface area contributed by atoms with Crippen LogP contribution in [0, 0.1) is 5.82 Å². The van der Waals surface area contributed by atoms with E-state index in [9.17, 15) is 9.18 Å². The van der Waals surface area contributed by atoms with Gasteiger partial charge >= 0.3 is 0 Å². The van der Waals surface area contributed by atoms with E-state index in [1.807, 2.05) is 11.8 Å². The molecule has 8 heteroatoms. The number of aromatic nitrogens is 3. The molecule has 2 aromatic rings. The number of hydrogen-bond acceptors (Lipinski definition) is 5. The van der Waals surface area contributed by atoms with Crippen LogP contribution in [0.1, 0.15) is 29.8 Å². The number of hydrogen-bond donors (Lipinski definition) is 1. The van der Waals surface area contributed by atoms with Crippen molar-refractivity contribution in [3.8, 4) is 5.69 Å². The smallest absolute Gasteiger partial charge is 0.293 e. The summed E-state index contributed by atoms with van der Waals surface area (Å²) in [6, 6.07) is 6.81. The fourth-order valence-electron chi connectivity index (χ4n) is 3.89. The van der Waals surface area contributed by atoms with Crippen LogP contribution in [0.15, 0.2) is 24.3 Å². The van der Waals surface area contributed by atoms with Gasteiger partial charge < -0.3 is 10.2 Å². The van der Waals surface area contributed by atoms with E-state index >= 15 is 0 Å². The van der Waals surface area contributed by atoms with Gasteiger partial charge in [0, 0.05) is 51.7 Å². The molecule has 0 bridgehead atoms. The van der Waals surface area contributed by atoms with E-state index in [1.54, 1.807) is 18.2 Å². The fourth-order valence-corrected chi connectivity index (χ4v) is 3.89. The van der Waals surface area contributed by atoms with Gasteiger partial charge in [-0.05, 0) is 18.6 Å². The van der Waals surface area contributed by atoms with E-state index in [1.165, 1.54) is 10.7 Å². The van der Waals surface area contributed by atoms with Crippen molar-refractivity contribution < 1.29 is 9.18 Å². The third-order valence-corrected chi connectivity index (χ3v) is 5.38. The normalized spacial score (nSPS) is 21.0. The highest BCUT2D eigenvalue weighted by Crippen LogP contribution is 2.19. The number of aryl methyl sites for hydroxylation is 1. The van der Waals surface area contributed by atoms with Gasteiger partial charge in [-0.1, -0.05) is 19.1 Å². The van der Waals surface area contributed by atoms with Gasteiger partial charge in [0.15, 0.2) is 0 Å². The number of nitrogens with one attached hydrogen (secondary N) is 1. The van der Waals surface area contributed by atoms with Crippen LogP contribution < -0.4 is 5.32 Å². The fraction of sp³-hybridized carbons (Fsp3) is 0.526. The van der Waals surface area contributed by atoms with Crippen LogP contribution in [-0.4, -0.2) is 75.8 Å². The zero-order chi connectivity index (χ0) is 18.8. The lowest BCUT2D eigenvalue weighted by Crippen LogP contribution is -2.49. The number of nitrogens with zero attached hydrogens (tertiary/aromatic N) is 5. The van der Waals surface area contributed by atoms with Crippen molar-refractivity contribution in [1.29, 1.82) is 0 Å². The average Bonchev–Trinajstić information content (AvgIpc) is 3.36. The minimum atomic E-state index is -0.379.